The summed E-state index contributed by atoms with van der Waals surface area (Å²) in [6.07, 6.45) is 6.86. The molecule has 2 heterocycles. The lowest BCUT2D eigenvalue weighted by Crippen LogP contribution is -2.46. The molecular weight excluding hydrogens is 392 g/mol. The Morgan fingerprint density at radius 3 is 2.57 bits per heavy atom. The number of fused-ring (bicyclic) bond motifs is 1. The van der Waals surface area contributed by atoms with E-state index in [4.69, 9.17) is 4.74 Å². The maximum absolute atomic E-state index is 13.0. The quantitative estimate of drug-likeness (QED) is 0.632. The second kappa shape index (κ2) is 10.2. The van der Waals surface area contributed by atoms with E-state index in [0.717, 1.165) is 42.7 Å². The summed E-state index contributed by atoms with van der Waals surface area (Å²) >= 11 is 1.74. The van der Waals surface area contributed by atoms with Crippen LogP contribution in [0.2, 0.25) is 0 Å². The lowest BCUT2D eigenvalue weighted by molar-refractivity contribution is -0.00152. The van der Waals surface area contributed by atoms with Gasteiger partial charge in [0.15, 0.2) is 0 Å². The van der Waals surface area contributed by atoms with Crippen molar-refractivity contribution in [2.45, 2.75) is 76.5 Å². The molecule has 1 saturated carbocycles. The van der Waals surface area contributed by atoms with Crippen molar-refractivity contribution >= 4 is 11.9 Å². The molecule has 1 aliphatic heterocycles. The van der Waals surface area contributed by atoms with Gasteiger partial charge in [-0.15, -0.1) is 0 Å². The Kier molecular flexibility index (Phi) is 7.34. The first-order valence-electron chi connectivity index (χ1n) is 11.4. The zero-order valence-corrected chi connectivity index (χ0v) is 19.0. The number of nitrogens with zero attached hydrogens (tertiary/aromatic N) is 1. The molecule has 0 radical (unpaired) electrons. The van der Waals surface area contributed by atoms with Crippen molar-refractivity contribution in [1.29, 1.82) is 0 Å². The smallest absolute Gasteiger partial charge is 0.254 e. The molecule has 4 nitrogen and oxygen atoms in total. The fourth-order valence-corrected chi connectivity index (χ4v) is 5.63. The average Bonchev–Trinajstić information content (AvgIpc) is 2.80. The molecule has 2 aromatic rings. The van der Waals surface area contributed by atoms with Crippen LogP contribution >= 0.6 is 11.9 Å². The van der Waals surface area contributed by atoms with Gasteiger partial charge in [-0.3, -0.25) is 9.52 Å². The molecule has 1 aliphatic carbocycles. The summed E-state index contributed by atoms with van der Waals surface area (Å²) in [4.78, 5) is 13.0. The van der Waals surface area contributed by atoms with E-state index >= 15 is 0 Å². The minimum Gasteiger partial charge on any atom is -0.376 e. The molecule has 5 heteroatoms. The molecule has 0 amide bonds. The molecule has 1 aromatic carbocycles. The van der Waals surface area contributed by atoms with Crippen LogP contribution in [0.25, 0.3) is 0 Å². The fraction of sp³-hybridized carbons (Fsp3) is 0.560. The van der Waals surface area contributed by atoms with Gasteiger partial charge in [0.1, 0.15) is 0 Å². The van der Waals surface area contributed by atoms with Crippen LogP contribution in [0.4, 0.5) is 0 Å². The third-order valence-electron chi connectivity index (χ3n) is 6.73. The average molecular weight is 427 g/mol. The fourth-order valence-electron chi connectivity index (χ4n) is 4.98. The van der Waals surface area contributed by atoms with E-state index in [-0.39, 0.29) is 17.6 Å². The predicted molar refractivity (Wildman–Crippen MR) is 125 cm³/mol. The lowest BCUT2D eigenvalue weighted by atomic mass is 9.83. The molecule has 162 valence electrons. The molecule has 1 fully saturated rings. The normalized spacial score (nSPS) is 26.3. The minimum absolute atomic E-state index is 0.0621. The summed E-state index contributed by atoms with van der Waals surface area (Å²) in [5.41, 5.74) is 3.56. The number of rotatable bonds is 7. The zero-order valence-electron chi connectivity index (χ0n) is 18.2. The van der Waals surface area contributed by atoms with Crippen LogP contribution in [-0.2, 0) is 11.2 Å². The Morgan fingerprint density at radius 2 is 1.83 bits per heavy atom. The highest BCUT2D eigenvalue weighted by molar-refractivity contribution is 7.97. The van der Waals surface area contributed by atoms with E-state index in [9.17, 15) is 4.79 Å². The van der Waals surface area contributed by atoms with Crippen LogP contribution in [0, 0.1) is 6.92 Å². The van der Waals surface area contributed by atoms with Gasteiger partial charge < -0.3 is 9.30 Å². The number of nitrogens with one attached hydrogen (secondary N) is 1. The molecule has 0 saturated heterocycles. The summed E-state index contributed by atoms with van der Waals surface area (Å²) in [5.74, 6) is 1.67. The van der Waals surface area contributed by atoms with E-state index in [1.54, 1.807) is 11.9 Å². The van der Waals surface area contributed by atoms with Gasteiger partial charge >= 0.3 is 0 Å². The van der Waals surface area contributed by atoms with Crippen molar-refractivity contribution in [2.75, 3.05) is 12.4 Å². The van der Waals surface area contributed by atoms with Crippen molar-refractivity contribution < 1.29 is 4.74 Å². The van der Waals surface area contributed by atoms with Crippen molar-refractivity contribution in [2.24, 2.45) is 0 Å². The predicted octanol–water partition coefficient (Wildman–Crippen LogP) is 5.01. The van der Waals surface area contributed by atoms with Crippen LogP contribution in [0.15, 0.2) is 47.3 Å². The first-order valence-corrected chi connectivity index (χ1v) is 12.4. The van der Waals surface area contributed by atoms with Gasteiger partial charge in [-0.05, 0) is 63.0 Å². The Balaban J connectivity index is 1.42. The first kappa shape index (κ1) is 21.7. The highest BCUT2D eigenvalue weighted by atomic mass is 32.2. The second-order valence-electron chi connectivity index (χ2n) is 8.66. The molecule has 4 rings (SSSR count). The van der Waals surface area contributed by atoms with Crippen LogP contribution in [0.5, 0.6) is 0 Å². The number of ether oxygens (including phenoxy) is 1. The topological polar surface area (TPSA) is 43.3 Å². The molecule has 0 bridgehead atoms. The Bertz CT molecular complexity index is 874. The molecule has 1 aromatic heterocycles. The third-order valence-corrected chi connectivity index (χ3v) is 7.48. The number of hydrogen-bond donors (Lipinski definition) is 1. The van der Waals surface area contributed by atoms with Gasteiger partial charge in [0, 0.05) is 23.1 Å². The molecule has 0 spiro atoms. The highest BCUT2D eigenvalue weighted by Crippen LogP contribution is 2.35. The maximum atomic E-state index is 13.0. The van der Waals surface area contributed by atoms with Gasteiger partial charge in [0.05, 0.1) is 18.8 Å². The molecule has 30 heavy (non-hydrogen) atoms. The standard InChI is InChI=1S/C25H34N2O2S/c1-3-30-26-23-16-13-21-12-9-18(2)25(28)27(21)24(23)17-29-22-14-10-20(11-15-22)19-7-5-4-6-8-19/h4-9,12,20,22-24,26H,3,10-11,13-17H2,1-2H3. The Morgan fingerprint density at radius 1 is 1.07 bits per heavy atom. The molecule has 2 atom stereocenters. The number of benzene rings is 1. The Hall–Kier alpha value is -1.56. The summed E-state index contributed by atoms with van der Waals surface area (Å²) in [6.45, 7) is 4.68. The van der Waals surface area contributed by atoms with Crippen molar-refractivity contribution in [1.82, 2.24) is 9.29 Å². The van der Waals surface area contributed by atoms with E-state index in [2.05, 4.69) is 48.0 Å². The van der Waals surface area contributed by atoms with E-state index in [0.29, 0.717) is 18.6 Å². The monoisotopic (exact) mass is 426 g/mol. The van der Waals surface area contributed by atoms with Gasteiger partial charge in [0.25, 0.3) is 5.56 Å². The van der Waals surface area contributed by atoms with Crippen molar-refractivity contribution in [3.63, 3.8) is 0 Å². The minimum atomic E-state index is 0.0621. The summed E-state index contributed by atoms with van der Waals surface area (Å²) in [6, 6.07) is 15.3. The van der Waals surface area contributed by atoms with Crippen LogP contribution in [0.3, 0.4) is 0 Å². The maximum Gasteiger partial charge on any atom is 0.254 e. The first-order chi connectivity index (χ1) is 14.7. The van der Waals surface area contributed by atoms with Crippen LogP contribution in [-0.4, -0.2) is 29.1 Å². The molecule has 1 N–H and O–H groups in total. The van der Waals surface area contributed by atoms with Crippen LogP contribution < -0.4 is 10.3 Å². The molecule has 2 aliphatic rings. The number of aromatic nitrogens is 1. The second-order valence-corrected chi connectivity index (χ2v) is 9.77. The summed E-state index contributed by atoms with van der Waals surface area (Å²) < 4.78 is 12.1. The van der Waals surface area contributed by atoms with Gasteiger partial charge in [-0.25, -0.2) is 0 Å². The number of aryl methyl sites for hydroxylation is 2. The largest absolute Gasteiger partial charge is 0.376 e. The lowest BCUT2D eigenvalue weighted by Gasteiger charge is -2.37. The Labute approximate surface area is 184 Å². The summed E-state index contributed by atoms with van der Waals surface area (Å²) in [5, 5.41) is 0. The SMILES string of the molecule is CCSNC1CCc2ccc(C)c(=O)n2C1COC1CCC(c2ccccc2)CC1. The third kappa shape index (κ3) is 4.84. The number of pyridine rings is 1. The van der Waals surface area contributed by atoms with Gasteiger partial charge in [-0.2, -0.15) is 0 Å². The van der Waals surface area contributed by atoms with Crippen LogP contribution in [0.1, 0.15) is 67.8 Å². The van der Waals surface area contributed by atoms with E-state index in [1.807, 2.05) is 17.6 Å². The molecule has 2 unspecified atom stereocenters. The van der Waals surface area contributed by atoms with Gasteiger partial charge in [0.2, 0.25) is 0 Å². The molecular formula is C25H34N2O2S. The summed E-state index contributed by atoms with van der Waals surface area (Å²) in [7, 11) is 0. The van der Waals surface area contributed by atoms with Gasteiger partial charge in [-0.1, -0.05) is 55.3 Å². The van der Waals surface area contributed by atoms with E-state index in [1.165, 1.54) is 18.4 Å². The highest BCUT2D eigenvalue weighted by Gasteiger charge is 2.32. The number of hydrogen-bond acceptors (Lipinski definition) is 4. The zero-order chi connectivity index (χ0) is 20.9. The van der Waals surface area contributed by atoms with E-state index < -0.39 is 0 Å². The van der Waals surface area contributed by atoms with Crippen molar-refractivity contribution in [3.8, 4) is 0 Å². The van der Waals surface area contributed by atoms with Crippen molar-refractivity contribution in [3.05, 3.63) is 69.6 Å².